The van der Waals surface area contributed by atoms with Crippen LogP contribution in [0, 0.1) is 13.8 Å². The van der Waals surface area contributed by atoms with Crippen molar-refractivity contribution in [2.24, 2.45) is 5.73 Å². The van der Waals surface area contributed by atoms with Gasteiger partial charge in [0.15, 0.2) is 0 Å². The van der Waals surface area contributed by atoms with E-state index in [2.05, 4.69) is 15.6 Å². The summed E-state index contributed by atoms with van der Waals surface area (Å²) in [6.45, 7) is 2.68. The Labute approximate surface area is 189 Å². The fourth-order valence-electron chi connectivity index (χ4n) is 3.28. The monoisotopic (exact) mass is 476 g/mol. The number of nitrogens with one attached hydrogen (secondary N) is 3. The second-order valence-corrected chi connectivity index (χ2v) is 9.59. The smallest absolute Gasteiger partial charge is 0.269 e. The summed E-state index contributed by atoms with van der Waals surface area (Å²) in [6.07, 6.45) is 0. The number of carbonyl (C=O) groups is 3. The van der Waals surface area contributed by atoms with Gasteiger partial charge in [-0.3, -0.25) is 14.4 Å². The zero-order chi connectivity index (χ0) is 23.6. The van der Waals surface area contributed by atoms with Crippen LogP contribution in [-0.4, -0.2) is 44.2 Å². The number of hydrogen-bond acceptors (Lipinski definition) is 5. The van der Waals surface area contributed by atoms with Gasteiger partial charge in [-0.2, -0.15) is 0 Å². The number of H-pyrrole nitrogens is 1. The third kappa shape index (κ3) is 4.92. The first kappa shape index (κ1) is 23.3. The molecule has 0 aliphatic carbocycles. The molecule has 0 unspecified atom stereocenters. The highest BCUT2D eigenvalue weighted by atomic mass is 35.5. The lowest BCUT2D eigenvalue weighted by Gasteiger charge is -2.10. The van der Waals surface area contributed by atoms with Gasteiger partial charge >= 0.3 is 0 Å². The number of aromatic amines is 1. The van der Waals surface area contributed by atoms with Gasteiger partial charge in [0.05, 0.1) is 18.0 Å². The Morgan fingerprint density at radius 1 is 1.00 bits per heavy atom. The molecular weight excluding hydrogens is 456 g/mol. The van der Waals surface area contributed by atoms with E-state index in [0.717, 1.165) is 11.1 Å². The van der Waals surface area contributed by atoms with Gasteiger partial charge in [0.2, 0.25) is 21.7 Å². The van der Waals surface area contributed by atoms with Crippen LogP contribution in [0.25, 0.3) is 10.9 Å². The van der Waals surface area contributed by atoms with E-state index in [1.165, 1.54) is 18.2 Å². The fraction of sp³-hybridized carbons (Fsp3) is 0.190. The standard InChI is InChI=1S/C21H21ClN4O5S/c1-11-5-12(2)7-14(6-11)32(30,31)20-15-8-13(22)3-4-16(15)26-19(20)21(29)25-10-18(28)24-9-17(23)27/h3-8,26H,9-10H2,1-2H3,(H2,23,27)(H,24,28)(H,25,29). The summed E-state index contributed by atoms with van der Waals surface area (Å²) in [4.78, 5) is 38.0. The number of halogens is 1. The molecule has 1 aromatic heterocycles. The molecule has 5 N–H and O–H groups in total. The molecule has 0 saturated carbocycles. The summed E-state index contributed by atoms with van der Waals surface area (Å²) in [5.41, 5.74) is 6.62. The van der Waals surface area contributed by atoms with Crippen molar-refractivity contribution in [1.29, 1.82) is 0 Å². The third-order valence-electron chi connectivity index (χ3n) is 4.58. The lowest BCUT2D eigenvalue weighted by molar-refractivity contribution is -0.124. The predicted octanol–water partition coefficient (Wildman–Crippen LogP) is 1.60. The van der Waals surface area contributed by atoms with Crippen LogP contribution < -0.4 is 16.4 Å². The minimum Gasteiger partial charge on any atom is -0.368 e. The largest absolute Gasteiger partial charge is 0.368 e. The van der Waals surface area contributed by atoms with Gasteiger partial charge in [-0.15, -0.1) is 0 Å². The molecule has 0 spiro atoms. The summed E-state index contributed by atoms with van der Waals surface area (Å²) in [6, 6.07) is 9.46. The number of sulfone groups is 1. The lowest BCUT2D eigenvalue weighted by atomic mass is 10.2. The zero-order valence-electron chi connectivity index (χ0n) is 17.3. The van der Waals surface area contributed by atoms with Crippen LogP contribution in [0.2, 0.25) is 5.02 Å². The number of aromatic nitrogens is 1. The zero-order valence-corrected chi connectivity index (χ0v) is 18.9. The lowest BCUT2D eigenvalue weighted by Crippen LogP contribution is -2.40. The molecule has 0 fully saturated rings. The summed E-state index contributed by atoms with van der Waals surface area (Å²) >= 11 is 6.09. The number of nitrogens with two attached hydrogens (primary N) is 1. The van der Waals surface area contributed by atoms with Crippen molar-refractivity contribution in [1.82, 2.24) is 15.6 Å². The van der Waals surface area contributed by atoms with Crippen LogP contribution in [-0.2, 0) is 19.4 Å². The third-order valence-corrected chi connectivity index (χ3v) is 6.64. The van der Waals surface area contributed by atoms with Crippen LogP contribution in [0.5, 0.6) is 0 Å². The van der Waals surface area contributed by atoms with Gasteiger partial charge in [0.25, 0.3) is 5.91 Å². The van der Waals surface area contributed by atoms with Crippen LogP contribution in [0.1, 0.15) is 21.6 Å². The highest BCUT2D eigenvalue weighted by Gasteiger charge is 2.30. The number of fused-ring (bicyclic) bond motifs is 1. The van der Waals surface area contributed by atoms with E-state index in [1.54, 1.807) is 26.0 Å². The molecule has 0 bridgehead atoms. The number of amides is 3. The SMILES string of the molecule is Cc1cc(C)cc(S(=O)(=O)c2c(C(=O)NCC(=O)NCC(N)=O)[nH]c3ccc(Cl)cc23)c1. The van der Waals surface area contributed by atoms with Gasteiger partial charge in [0, 0.05) is 15.9 Å². The summed E-state index contributed by atoms with van der Waals surface area (Å²) in [5, 5.41) is 5.13. The number of benzene rings is 2. The van der Waals surface area contributed by atoms with E-state index in [4.69, 9.17) is 17.3 Å². The second kappa shape index (κ2) is 9.01. The molecule has 3 rings (SSSR count). The molecule has 2 aromatic carbocycles. The molecule has 0 aliphatic rings. The molecule has 0 aliphatic heterocycles. The number of carbonyl (C=O) groups excluding carboxylic acids is 3. The molecule has 1 heterocycles. The molecule has 3 aromatic rings. The van der Waals surface area contributed by atoms with Gasteiger partial charge in [-0.25, -0.2) is 8.42 Å². The minimum atomic E-state index is -4.13. The number of rotatable bonds is 7. The molecule has 3 amide bonds. The molecule has 168 valence electrons. The van der Waals surface area contributed by atoms with E-state index in [9.17, 15) is 22.8 Å². The van der Waals surface area contributed by atoms with Crippen molar-refractivity contribution in [2.45, 2.75) is 23.6 Å². The molecule has 9 nitrogen and oxygen atoms in total. The first-order valence-corrected chi connectivity index (χ1v) is 11.3. The van der Waals surface area contributed by atoms with Crippen LogP contribution in [0.15, 0.2) is 46.2 Å². The summed E-state index contributed by atoms with van der Waals surface area (Å²) in [5.74, 6) is -2.21. The van der Waals surface area contributed by atoms with Crippen LogP contribution in [0.4, 0.5) is 0 Å². The average molecular weight is 477 g/mol. The van der Waals surface area contributed by atoms with E-state index in [0.29, 0.717) is 10.5 Å². The summed E-state index contributed by atoms with van der Waals surface area (Å²) < 4.78 is 27.2. The molecule has 32 heavy (non-hydrogen) atoms. The highest BCUT2D eigenvalue weighted by molar-refractivity contribution is 7.91. The summed E-state index contributed by atoms with van der Waals surface area (Å²) in [7, 11) is -4.13. The Morgan fingerprint density at radius 3 is 2.28 bits per heavy atom. The fourth-order valence-corrected chi connectivity index (χ4v) is 5.24. The van der Waals surface area contributed by atoms with Crippen molar-refractivity contribution in [3.63, 3.8) is 0 Å². The van der Waals surface area contributed by atoms with Crippen LogP contribution in [0.3, 0.4) is 0 Å². The number of aryl methyl sites for hydroxylation is 2. The number of primary amides is 1. The molecular formula is C21H21ClN4O5S. The molecule has 11 heteroatoms. The normalized spacial score (nSPS) is 11.3. The predicted molar refractivity (Wildman–Crippen MR) is 119 cm³/mol. The Morgan fingerprint density at radius 2 is 1.66 bits per heavy atom. The van der Waals surface area contributed by atoms with Crippen molar-refractivity contribution in [3.8, 4) is 0 Å². The van der Waals surface area contributed by atoms with Gasteiger partial charge in [0.1, 0.15) is 10.6 Å². The first-order chi connectivity index (χ1) is 15.0. The van der Waals surface area contributed by atoms with Gasteiger partial charge < -0.3 is 21.4 Å². The first-order valence-electron chi connectivity index (χ1n) is 9.47. The van der Waals surface area contributed by atoms with E-state index < -0.39 is 34.1 Å². The van der Waals surface area contributed by atoms with Crippen LogP contribution >= 0.6 is 11.6 Å². The quantitative estimate of drug-likeness (QED) is 0.408. The Hall–Kier alpha value is -3.37. The van der Waals surface area contributed by atoms with E-state index in [-0.39, 0.29) is 27.4 Å². The molecule has 0 saturated heterocycles. The minimum absolute atomic E-state index is 0.0316. The van der Waals surface area contributed by atoms with Crippen molar-refractivity contribution in [3.05, 3.63) is 58.2 Å². The van der Waals surface area contributed by atoms with Gasteiger partial charge in [-0.05, 0) is 55.3 Å². The maximum absolute atomic E-state index is 13.6. The second-order valence-electron chi connectivity index (χ2n) is 7.27. The van der Waals surface area contributed by atoms with Gasteiger partial charge in [-0.1, -0.05) is 17.7 Å². The van der Waals surface area contributed by atoms with E-state index >= 15 is 0 Å². The van der Waals surface area contributed by atoms with Crippen molar-refractivity contribution >= 4 is 50.1 Å². The van der Waals surface area contributed by atoms with E-state index in [1.807, 2.05) is 6.07 Å². The Kier molecular flexibility index (Phi) is 6.56. The highest BCUT2D eigenvalue weighted by Crippen LogP contribution is 2.34. The number of hydrogen-bond donors (Lipinski definition) is 4. The molecule has 0 atom stereocenters. The Bertz CT molecular complexity index is 1330. The average Bonchev–Trinajstić information content (AvgIpc) is 3.09. The Balaban J connectivity index is 2.06. The maximum Gasteiger partial charge on any atom is 0.269 e. The molecule has 0 radical (unpaired) electrons. The van der Waals surface area contributed by atoms with Crippen molar-refractivity contribution < 1.29 is 22.8 Å². The van der Waals surface area contributed by atoms with Crippen molar-refractivity contribution in [2.75, 3.05) is 13.1 Å². The topological polar surface area (TPSA) is 151 Å². The maximum atomic E-state index is 13.6.